The number of rotatable bonds is 6. The van der Waals surface area contributed by atoms with Crippen LogP contribution in [-0.4, -0.2) is 41.1 Å². The summed E-state index contributed by atoms with van der Waals surface area (Å²) < 4.78 is 3.05. The Hall–Kier alpha value is -1.61. The van der Waals surface area contributed by atoms with E-state index >= 15 is 0 Å². The monoisotopic (exact) mass is 316 g/mol. The third kappa shape index (κ3) is 3.10. The van der Waals surface area contributed by atoms with Crippen molar-refractivity contribution in [3.8, 4) is 0 Å². The summed E-state index contributed by atoms with van der Waals surface area (Å²) in [5, 5.41) is 25.1. The molecule has 1 N–H and O–H groups in total. The number of thioether (sulfide) groups is 1. The summed E-state index contributed by atoms with van der Waals surface area (Å²) in [6.07, 6.45) is 0. The molecule has 0 saturated carbocycles. The SMILES string of the molecule is CCn1nc(C)c(Cl)c1CSc1nnnn1CC(=O)O. The summed E-state index contributed by atoms with van der Waals surface area (Å²) in [4.78, 5) is 10.7. The number of tetrazole rings is 1. The minimum Gasteiger partial charge on any atom is -0.480 e. The molecular weight excluding hydrogens is 304 g/mol. The second-order valence-corrected chi connectivity index (χ2v) is 5.28. The molecule has 2 rings (SSSR count). The lowest BCUT2D eigenvalue weighted by atomic mass is 10.4. The molecule has 0 unspecified atom stereocenters. The normalized spacial score (nSPS) is 10.9. The first-order valence-corrected chi connectivity index (χ1v) is 7.21. The molecule has 0 aliphatic rings. The Bertz CT molecular complexity index is 625. The third-order valence-corrected chi connectivity index (χ3v) is 4.03. The van der Waals surface area contributed by atoms with E-state index in [4.69, 9.17) is 16.7 Å². The standard InChI is InChI=1S/C10H13ClN6O2S/c1-3-16-7(9(11)6(2)13-16)5-20-10-12-14-15-17(10)4-8(18)19/h3-5H2,1-2H3,(H,18,19). The van der Waals surface area contributed by atoms with Crippen LogP contribution in [0.25, 0.3) is 0 Å². The number of aromatic nitrogens is 6. The molecule has 0 spiro atoms. The summed E-state index contributed by atoms with van der Waals surface area (Å²) in [6, 6.07) is 0. The number of carboxylic acids is 1. The molecule has 0 aliphatic carbocycles. The average Bonchev–Trinajstić information content (AvgIpc) is 2.93. The number of carbonyl (C=O) groups is 1. The Balaban J connectivity index is 2.13. The highest BCUT2D eigenvalue weighted by Crippen LogP contribution is 2.27. The van der Waals surface area contributed by atoms with Crippen LogP contribution in [0.4, 0.5) is 0 Å². The Morgan fingerprint density at radius 2 is 2.20 bits per heavy atom. The quantitative estimate of drug-likeness (QED) is 0.800. The van der Waals surface area contributed by atoms with Gasteiger partial charge < -0.3 is 5.11 Å². The topological polar surface area (TPSA) is 98.7 Å². The van der Waals surface area contributed by atoms with Crippen LogP contribution in [0.5, 0.6) is 0 Å². The fourth-order valence-electron chi connectivity index (χ4n) is 1.67. The molecule has 0 amide bonds. The zero-order valence-electron chi connectivity index (χ0n) is 10.9. The molecule has 108 valence electrons. The van der Waals surface area contributed by atoms with Gasteiger partial charge in [-0.05, 0) is 24.3 Å². The van der Waals surface area contributed by atoms with E-state index in [-0.39, 0.29) is 6.54 Å². The van der Waals surface area contributed by atoms with Gasteiger partial charge in [0.2, 0.25) is 5.16 Å². The van der Waals surface area contributed by atoms with Gasteiger partial charge in [-0.3, -0.25) is 9.48 Å². The predicted molar refractivity (Wildman–Crippen MR) is 72.7 cm³/mol. The van der Waals surface area contributed by atoms with Crippen molar-refractivity contribution in [2.24, 2.45) is 0 Å². The molecule has 8 nitrogen and oxygen atoms in total. The van der Waals surface area contributed by atoms with Crippen LogP contribution < -0.4 is 0 Å². The number of carboxylic acid groups (broad SMARTS) is 1. The molecular formula is C10H13ClN6O2S. The predicted octanol–water partition coefficient (Wildman–Crippen LogP) is 1.23. The number of hydrogen-bond acceptors (Lipinski definition) is 6. The highest BCUT2D eigenvalue weighted by Gasteiger charge is 2.15. The zero-order chi connectivity index (χ0) is 14.7. The molecule has 0 aliphatic heterocycles. The maximum Gasteiger partial charge on any atom is 0.325 e. The van der Waals surface area contributed by atoms with Gasteiger partial charge in [-0.2, -0.15) is 5.10 Å². The summed E-state index contributed by atoms with van der Waals surface area (Å²) >= 11 is 7.53. The number of aryl methyl sites for hydroxylation is 2. The van der Waals surface area contributed by atoms with Crippen LogP contribution in [0.2, 0.25) is 5.02 Å². The molecule has 0 saturated heterocycles. The van der Waals surface area contributed by atoms with Crippen molar-refractivity contribution >= 4 is 29.3 Å². The summed E-state index contributed by atoms with van der Waals surface area (Å²) in [5.74, 6) is -0.473. The van der Waals surface area contributed by atoms with Crippen LogP contribution in [0.1, 0.15) is 18.3 Å². The number of halogens is 1. The van der Waals surface area contributed by atoms with E-state index in [9.17, 15) is 4.79 Å². The van der Waals surface area contributed by atoms with Gasteiger partial charge in [0.05, 0.1) is 16.4 Å². The van der Waals surface area contributed by atoms with Crippen LogP contribution in [0.15, 0.2) is 5.16 Å². The highest BCUT2D eigenvalue weighted by molar-refractivity contribution is 7.98. The first-order valence-electron chi connectivity index (χ1n) is 5.85. The van der Waals surface area contributed by atoms with Crippen molar-refractivity contribution in [2.45, 2.75) is 37.8 Å². The van der Waals surface area contributed by atoms with E-state index in [1.54, 1.807) is 0 Å². The van der Waals surface area contributed by atoms with Gasteiger partial charge in [0.1, 0.15) is 6.54 Å². The maximum absolute atomic E-state index is 10.7. The van der Waals surface area contributed by atoms with Gasteiger partial charge in [0.25, 0.3) is 0 Å². The molecule has 0 radical (unpaired) electrons. The second-order valence-electron chi connectivity index (χ2n) is 3.96. The van der Waals surface area contributed by atoms with Crippen molar-refractivity contribution in [3.05, 3.63) is 16.4 Å². The van der Waals surface area contributed by atoms with Crippen molar-refractivity contribution in [1.82, 2.24) is 30.0 Å². The molecule has 2 aromatic rings. The van der Waals surface area contributed by atoms with E-state index in [1.807, 2.05) is 18.5 Å². The van der Waals surface area contributed by atoms with Gasteiger partial charge in [0, 0.05) is 12.3 Å². The Labute approximate surface area is 124 Å². The lowest BCUT2D eigenvalue weighted by molar-refractivity contribution is -0.138. The lowest BCUT2D eigenvalue weighted by Gasteiger charge is -2.05. The van der Waals surface area contributed by atoms with E-state index in [2.05, 4.69) is 20.6 Å². The number of aliphatic carboxylic acids is 1. The van der Waals surface area contributed by atoms with E-state index in [1.165, 1.54) is 16.4 Å². The van der Waals surface area contributed by atoms with Gasteiger partial charge in [-0.1, -0.05) is 23.4 Å². The highest BCUT2D eigenvalue weighted by atomic mass is 35.5. The van der Waals surface area contributed by atoms with Crippen LogP contribution >= 0.6 is 23.4 Å². The Morgan fingerprint density at radius 1 is 1.45 bits per heavy atom. The largest absolute Gasteiger partial charge is 0.480 e. The molecule has 10 heteroatoms. The summed E-state index contributed by atoms with van der Waals surface area (Å²) in [5.41, 5.74) is 1.65. The van der Waals surface area contributed by atoms with Crippen LogP contribution in [0, 0.1) is 6.92 Å². The zero-order valence-corrected chi connectivity index (χ0v) is 12.5. The van der Waals surface area contributed by atoms with Crippen molar-refractivity contribution < 1.29 is 9.90 Å². The Morgan fingerprint density at radius 3 is 2.85 bits per heavy atom. The molecule has 0 fully saturated rings. The van der Waals surface area contributed by atoms with Crippen LogP contribution in [-0.2, 0) is 23.6 Å². The summed E-state index contributed by atoms with van der Waals surface area (Å²) in [6.45, 7) is 4.27. The van der Waals surface area contributed by atoms with Gasteiger partial charge in [0.15, 0.2) is 0 Å². The van der Waals surface area contributed by atoms with E-state index in [0.717, 1.165) is 11.4 Å². The van der Waals surface area contributed by atoms with E-state index in [0.29, 0.717) is 22.5 Å². The molecule has 2 aromatic heterocycles. The van der Waals surface area contributed by atoms with Crippen molar-refractivity contribution in [3.63, 3.8) is 0 Å². The fourth-order valence-corrected chi connectivity index (χ4v) is 2.85. The second kappa shape index (κ2) is 6.23. The van der Waals surface area contributed by atoms with Crippen molar-refractivity contribution in [1.29, 1.82) is 0 Å². The van der Waals surface area contributed by atoms with Crippen LogP contribution in [0.3, 0.4) is 0 Å². The number of hydrogen-bond donors (Lipinski definition) is 1. The Kier molecular flexibility index (Phi) is 4.61. The molecule has 0 bridgehead atoms. The summed E-state index contributed by atoms with van der Waals surface area (Å²) in [7, 11) is 0. The molecule has 20 heavy (non-hydrogen) atoms. The minimum atomic E-state index is -0.994. The average molecular weight is 317 g/mol. The molecule has 2 heterocycles. The maximum atomic E-state index is 10.7. The minimum absolute atomic E-state index is 0.269. The number of nitrogens with zero attached hydrogens (tertiary/aromatic N) is 6. The third-order valence-electron chi connectivity index (χ3n) is 2.57. The van der Waals surface area contributed by atoms with Crippen molar-refractivity contribution in [2.75, 3.05) is 0 Å². The first kappa shape index (κ1) is 14.8. The van der Waals surface area contributed by atoms with Gasteiger partial charge in [-0.25, -0.2) is 4.68 Å². The molecule has 0 aromatic carbocycles. The lowest BCUT2D eigenvalue weighted by Crippen LogP contribution is -2.11. The van der Waals surface area contributed by atoms with E-state index < -0.39 is 5.97 Å². The smallest absolute Gasteiger partial charge is 0.325 e. The van der Waals surface area contributed by atoms with Gasteiger partial charge >= 0.3 is 5.97 Å². The molecule has 0 atom stereocenters. The fraction of sp³-hybridized carbons (Fsp3) is 0.500. The first-order chi connectivity index (χ1) is 9.52. The van der Waals surface area contributed by atoms with Gasteiger partial charge in [-0.15, -0.1) is 5.10 Å².